The van der Waals surface area contributed by atoms with Crippen molar-refractivity contribution in [3.8, 4) is 5.69 Å². The number of nitrogens with zero attached hydrogens (tertiary/aromatic N) is 2. The molecule has 1 heterocycles. The van der Waals surface area contributed by atoms with Crippen LogP contribution in [0.15, 0.2) is 30.5 Å². The number of methoxy groups -OCH3 is 1. The topological polar surface area (TPSA) is 61.2 Å². The second-order valence-electron chi connectivity index (χ2n) is 3.47. The first-order valence-corrected chi connectivity index (χ1v) is 5.42. The molecule has 0 saturated heterocycles. The number of hydrogen-bond acceptors (Lipinski definition) is 4. The van der Waals surface area contributed by atoms with Crippen LogP contribution in [0.25, 0.3) is 5.69 Å². The lowest BCUT2D eigenvalue weighted by atomic mass is 10.3. The van der Waals surface area contributed by atoms with Gasteiger partial charge in [0.15, 0.2) is 12.0 Å². The Morgan fingerprint density at radius 1 is 1.50 bits per heavy atom. The van der Waals surface area contributed by atoms with Gasteiger partial charge in [-0.3, -0.25) is 4.79 Å². The van der Waals surface area contributed by atoms with Gasteiger partial charge >= 0.3 is 5.97 Å². The molecule has 0 fully saturated rings. The summed E-state index contributed by atoms with van der Waals surface area (Å²) in [5.41, 5.74) is 0.801. The van der Waals surface area contributed by atoms with E-state index in [2.05, 4.69) is 9.84 Å². The van der Waals surface area contributed by atoms with Gasteiger partial charge in [0.1, 0.15) is 0 Å². The number of aromatic nitrogens is 2. The Morgan fingerprint density at radius 2 is 2.28 bits per heavy atom. The molecular weight excluding hydrogens is 256 g/mol. The first-order valence-electron chi connectivity index (χ1n) is 5.05. The van der Waals surface area contributed by atoms with E-state index in [0.29, 0.717) is 17.0 Å². The Hall–Kier alpha value is -2.14. The minimum absolute atomic E-state index is 0.0209. The second kappa shape index (κ2) is 5.01. The average Bonchev–Trinajstić information content (AvgIpc) is 2.82. The molecule has 18 heavy (non-hydrogen) atoms. The summed E-state index contributed by atoms with van der Waals surface area (Å²) in [5, 5.41) is 4.55. The average molecular weight is 265 g/mol. The molecule has 0 aliphatic rings. The Labute approximate surface area is 108 Å². The standard InChI is InChI=1S/C12H9ClN2O3/c1-18-12(17)11-8(7-16)6-15(14-11)10-4-2-3-9(13)5-10/h2-7H,1H3. The number of hydrogen-bond donors (Lipinski definition) is 0. The largest absolute Gasteiger partial charge is 0.464 e. The molecule has 2 rings (SSSR count). The van der Waals surface area contributed by atoms with Crippen molar-refractivity contribution < 1.29 is 14.3 Å². The van der Waals surface area contributed by atoms with E-state index >= 15 is 0 Å². The molecule has 0 saturated carbocycles. The van der Waals surface area contributed by atoms with Gasteiger partial charge in [-0.1, -0.05) is 17.7 Å². The maximum absolute atomic E-state index is 11.4. The molecule has 0 atom stereocenters. The Balaban J connectivity index is 2.50. The molecule has 5 nitrogen and oxygen atoms in total. The zero-order valence-electron chi connectivity index (χ0n) is 9.46. The van der Waals surface area contributed by atoms with Crippen LogP contribution in [0.4, 0.5) is 0 Å². The second-order valence-corrected chi connectivity index (χ2v) is 3.90. The van der Waals surface area contributed by atoms with Crippen molar-refractivity contribution in [3.63, 3.8) is 0 Å². The molecule has 0 N–H and O–H groups in total. The molecule has 0 aliphatic carbocycles. The highest BCUT2D eigenvalue weighted by atomic mass is 35.5. The number of aldehydes is 1. The van der Waals surface area contributed by atoms with E-state index in [9.17, 15) is 9.59 Å². The van der Waals surface area contributed by atoms with Gasteiger partial charge in [-0.05, 0) is 18.2 Å². The number of esters is 1. The van der Waals surface area contributed by atoms with Gasteiger partial charge < -0.3 is 4.74 Å². The lowest BCUT2D eigenvalue weighted by molar-refractivity contribution is 0.0591. The quantitative estimate of drug-likeness (QED) is 0.629. The summed E-state index contributed by atoms with van der Waals surface area (Å²) < 4.78 is 5.96. The molecule has 92 valence electrons. The monoisotopic (exact) mass is 264 g/mol. The smallest absolute Gasteiger partial charge is 0.359 e. The summed E-state index contributed by atoms with van der Waals surface area (Å²) >= 11 is 5.86. The van der Waals surface area contributed by atoms with Crippen LogP contribution < -0.4 is 0 Å². The number of rotatable bonds is 3. The molecule has 0 amide bonds. The molecule has 0 radical (unpaired) electrons. The fourth-order valence-corrected chi connectivity index (χ4v) is 1.66. The number of carbonyl (C=O) groups excluding carboxylic acids is 2. The molecular formula is C12H9ClN2O3. The van der Waals surface area contributed by atoms with E-state index < -0.39 is 5.97 Å². The highest BCUT2D eigenvalue weighted by Gasteiger charge is 2.17. The molecule has 1 aromatic heterocycles. The van der Waals surface area contributed by atoms with Gasteiger partial charge in [-0.15, -0.1) is 0 Å². The fraction of sp³-hybridized carbons (Fsp3) is 0.0833. The normalized spacial score (nSPS) is 10.1. The minimum Gasteiger partial charge on any atom is -0.464 e. The summed E-state index contributed by atoms with van der Waals surface area (Å²) in [6, 6.07) is 6.90. The van der Waals surface area contributed by atoms with Crippen LogP contribution in [0.3, 0.4) is 0 Å². The SMILES string of the molecule is COC(=O)c1nn(-c2cccc(Cl)c2)cc1C=O. The Bertz CT molecular complexity index is 607. The summed E-state index contributed by atoms with van der Waals surface area (Å²) in [6.45, 7) is 0. The van der Waals surface area contributed by atoms with E-state index in [-0.39, 0.29) is 11.3 Å². The van der Waals surface area contributed by atoms with Crippen LogP contribution in [0.5, 0.6) is 0 Å². The molecule has 1 aromatic carbocycles. The fourth-order valence-electron chi connectivity index (χ4n) is 1.48. The predicted molar refractivity (Wildman–Crippen MR) is 65.3 cm³/mol. The molecule has 0 spiro atoms. The zero-order chi connectivity index (χ0) is 13.1. The van der Waals surface area contributed by atoms with Crippen molar-refractivity contribution >= 4 is 23.9 Å². The number of ether oxygens (including phenoxy) is 1. The third kappa shape index (κ3) is 2.26. The van der Waals surface area contributed by atoms with Crippen LogP contribution in [0.1, 0.15) is 20.8 Å². The van der Waals surface area contributed by atoms with E-state index in [0.717, 1.165) is 0 Å². The summed E-state index contributed by atoms with van der Waals surface area (Å²) in [7, 11) is 1.23. The van der Waals surface area contributed by atoms with Crippen LogP contribution in [-0.4, -0.2) is 29.1 Å². The van der Waals surface area contributed by atoms with Gasteiger partial charge in [0.2, 0.25) is 0 Å². The van der Waals surface area contributed by atoms with Gasteiger partial charge in [0, 0.05) is 11.2 Å². The number of carbonyl (C=O) groups is 2. The summed E-state index contributed by atoms with van der Waals surface area (Å²) in [5.74, 6) is -0.655. The molecule has 2 aromatic rings. The van der Waals surface area contributed by atoms with Gasteiger partial charge in [-0.25, -0.2) is 9.48 Å². The van der Waals surface area contributed by atoms with Crippen LogP contribution in [0.2, 0.25) is 5.02 Å². The van der Waals surface area contributed by atoms with E-state index in [1.165, 1.54) is 18.0 Å². The maximum atomic E-state index is 11.4. The highest BCUT2D eigenvalue weighted by molar-refractivity contribution is 6.30. The first kappa shape index (κ1) is 12.3. The molecule has 0 unspecified atom stereocenters. The third-order valence-electron chi connectivity index (χ3n) is 2.32. The van der Waals surface area contributed by atoms with Crippen LogP contribution in [0, 0.1) is 0 Å². The zero-order valence-corrected chi connectivity index (χ0v) is 10.2. The van der Waals surface area contributed by atoms with Crippen molar-refractivity contribution in [2.45, 2.75) is 0 Å². The highest BCUT2D eigenvalue weighted by Crippen LogP contribution is 2.16. The lowest BCUT2D eigenvalue weighted by Gasteiger charge is -2.00. The van der Waals surface area contributed by atoms with E-state index in [1.807, 2.05) is 0 Å². The molecule has 6 heteroatoms. The van der Waals surface area contributed by atoms with Gasteiger partial charge in [-0.2, -0.15) is 5.10 Å². The van der Waals surface area contributed by atoms with E-state index in [4.69, 9.17) is 11.6 Å². The molecule has 0 aliphatic heterocycles. The van der Waals surface area contributed by atoms with Crippen molar-refractivity contribution in [3.05, 3.63) is 46.7 Å². The van der Waals surface area contributed by atoms with Crippen molar-refractivity contribution in [1.29, 1.82) is 0 Å². The van der Waals surface area contributed by atoms with Crippen LogP contribution in [-0.2, 0) is 4.74 Å². The summed E-state index contributed by atoms with van der Waals surface area (Å²) in [4.78, 5) is 22.3. The van der Waals surface area contributed by atoms with Gasteiger partial charge in [0.25, 0.3) is 0 Å². The number of halogens is 1. The maximum Gasteiger partial charge on any atom is 0.359 e. The molecule has 0 bridgehead atoms. The van der Waals surface area contributed by atoms with Crippen LogP contribution >= 0.6 is 11.6 Å². The third-order valence-corrected chi connectivity index (χ3v) is 2.56. The lowest BCUT2D eigenvalue weighted by Crippen LogP contribution is -2.05. The Kier molecular flexibility index (Phi) is 3.43. The first-order chi connectivity index (χ1) is 8.65. The van der Waals surface area contributed by atoms with Crippen molar-refractivity contribution in [2.24, 2.45) is 0 Å². The Morgan fingerprint density at radius 3 is 2.89 bits per heavy atom. The number of benzene rings is 1. The van der Waals surface area contributed by atoms with Gasteiger partial charge in [0.05, 0.1) is 18.4 Å². The predicted octanol–water partition coefficient (Wildman–Crippen LogP) is 2.12. The van der Waals surface area contributed by atoms with Crippen molar-refractivity contribution in [1.82, 2.24) is 9.78 Å². The minimum atomic E-state index is -0.655. The van der Waals surface area contributed by atoms with Crippen molar-refractivity contribution in [2.75, 3.05) is 7.11 Å². The van der Waals surface area contributed by atoms with E-state index in [1.54, 1.807) is 24.3 Å². The summed E-state index contributed by atoms with van der Waals surface area (Å²) in [6.07, 6.45) is 2.01.